The highest BCUT2D eigenvalue weighted by Gasteiger charge is 2.27. The fourth-order valence-electron chi connectivity index (χ4n) is 2.38. The minimum absolute atomic E-state index is 0.582. The second-order valence-electron chi connectivity index (χ2n) is 5.70. The average Bonchev–Trinajstić information content (AvgIpc) is 3.32. The van der Waals surface area contributed by atoms with E-state index in [1.807, 2.05) is 19.1 Å². The number of methoxy groups -OCH3 is 1. The van der Waals surface area contributed by atoms with E-state index in [1.54, 1.807) is 7.11 Å². The van der Waals surface area contributed by atoms with Gasteiger partial charge in [-0.05, 0) is 37.5 Å². The van der Waals surface area contributed by atoms with Crippen LogP contribution in [0.5, 0.6) is 5.75 Å². The van der Waals surface area contributed by atoms with Crippen LogP contribution >= 0.6 is 0 Å². The van der Waals surface area contributed by atoms with E-state index in [2.05, 4.69) is 35.1 Å². The highest BCUT2D eigenvalue weighted by molar-refractivity contribution is 5.41. The SMILES string of the molecule is COc1ccc(CN(C)c2cc(C)nc(C3CC3)n2)cc1. The van der Waals surface area contributed by atoms with Crippen LogP contribution < -0.4 is 9.64 Å². The van der Waals surface area contributed by atoms with E-state index in [9.17, 15) is 0 Å². The summed E-state index contributed by atoms with van der Waals surface area (Å²) in [6.07, 6.45) is 2.45. The molecule has 1 aliphatic carbocycles. The highest BCUT2D eigenvalue weighted by Crippen LogP contribution is 2.38. The second kappa shape index (κ2) is 5.72. The third-order valence-electron chi connectivity index (χ3n) is 3.77. The Labute approximate surface area is 125 Å². The van der Waals surface area contributed by atoms with Crippen molar-refractivity contribution in [2.75, 3.05) is 19.1 Å². The van der Waals surface area contributed by atoms with Crippen molar-refractivity contribution in [2.45, 2.75) is 32.2 Å². The van der Waals surface area contributed by atoms with E-state index in [0.717, 1.165) is 29.6 Å². The van der Waals surface area contributed by atoms with Crippen LogP contribution in [0.1, 0.15) is 35.8 Å². The summed E-state index contributed by atoms with van der Waals surface area (Å²) in [5.74, 6) is 3.47. The van der Waals surface area contributed by atoms with E-state index >= 15 is 0 Å². The molecule has 1 aromatic carbocycles. The van der Waals surface area contributed by atoms with E-state index in [1.165, 1.54) is 18.4 Å². The standard InChI is InChI=1S/C17H21N3O/c1-12-10-16(19-17(18-12)14-6-7-14)20(2)11-13-4-8-15(21-3)9-5-13/h4-5,8-10,14H,6-7,11H2,1-3H3. The Morgan fingerprint density at radius 3 is 2.52 bits per heavy atom. The van der Waals surface area contributed by atoms with Crippen LogP contribution in [0, 0.1) is 6.92 Å². The molecule has 1 saturated carbocycles. The summed E-state index contributed by atoms with van der Waals surface area (Å²) in [6.45, 7) is 2.86. The van der Waals surface area contributed by atoms with Crippen LogP contribution in [0.3, 0.4) is 0 Å². The molecule has 2 aromatic rings. The molecule has 0 N–H and O–H groups in total. The average molecular weight is 283 g/mol. The van der Waals surface area contributed by atoms with E-state index in [-0.39, 0.29) is 0 Å². The molecule has 0 unspecified atom stereocenters. The molecule has 4 nitrogen and oxygen atoms in total. The minimum Gasteiger partial charge on any atom is -0.497 e. The Morgan fingerprint density at radius 1 is 1.19 bits per heavy atom. The van der Waals surface area contributed by atoms with E-state index < -0.39 is 0 Å². The number of hydrogen-bond acceptors (Lipinski definition) is 4. The van der Waals surface area contributed by atoms with Crippen molar-refractivity contribution in [3.05, 3.63) is 47.4 Å². The molecule has 21 heavy (non-hydrogen) atoms. The van der Waals surface area contributed by atoms with Gasteiger partial charge in [0, 0.05) is 31.3 Å². The van der Waals surface area contributed by atoms with Crippen molar-refractivity contribution in [3.63, 3.8) is 0 Å². The van der Waals surface area contributed by atoms with Gasteiger partial charge in [-0.25, -0.2) is 9.97 Å². The van der Waals surface area contributed by atoms with Gasteiger partial charge in [0.25, 0.3) is 0 Å². The van der Waals surface area contributed by atoms with Gasteiger partial charge in [0.2, 0.25) is 0 Å². The predicted molar refractivity (Wildman–Crippen MR) is 83.8 cm³/mol. The fraction of sp³-hybridized carbons (Fsp3) is 0.412. The number of nitrogens with zero attached hydrogens (tertiary/aromatic N) is 3. The van der Waals surface area contributed by atoms with Crippen LogP contribution in [0.15, 0.2) is 30.3 Å². The molecule has 0 radical (unpaired) electrons. The van der Waals surface area contributed by atoms with Gasteiger partial charge >= 0.3 is 0 Å². The predicted octanol–water partition coefficient (Wildman–Crippen LogP) is 3.31. The van der Waals surface area contributed by atoms with Crippen molar-refractivity contribution in [1.82, 2.24) is 9.97 Å². The Morgan fingerprint density at radius 2 is 1.90 bits per heavy atom. The maximum Gasteiger partial charge on any atom is 0.134 e. The number of aryl methyl sites for hydroxylation is 1. The zero-order valence-electron chi connectivity index (χ0n) is 12.8. The molecular weight excluding hydrogens is 262 g/mol. The maximum absolute atomic E-state index is 5.19. The third kappa shape index (κ3) is 3.32. The Kier molecular flexibility index (Phi) is 3.78. The first-order valence-electron chi connectivity index (χ1n) is 7.35. The summed E-state index contributed by atoms with van der Waals surface area (Å²) >= 11 is 0. The molecule has 0 bridgehead atoms. The van der Waals surface area contributed by atoms with Crippen molar-refractivity contribution < 1.29 is 4.74 Å². The third-order valence-corrected chi connectivity index (χ3v) is 3.77. The number of hydrogen-bond donors (Lipinski definition) is 0. The van der Waals surface area contributed by atoms with Gasteiger partial charge in [-0.1, -0.05) is 12.1 Å². The molecule has 0 saturated heterocycles. The number of anilines is 1. The van der Waals surface area contributed by atoms with Gasteiger partial charge in [-0.2, -0.15) is 0 Å². The van der Waals surface area contributed by atoms with Crippen LogP contribution in [-0.4, -0.2) is 24.1 Å². The largest absolute Gasteiger partial charge is 0.497 e. The molecule has 4 heteroatoms. The van der Waals surface area contributed by atoms with Crippen molar-refractivity contribution in [1.29, 1.82) is 0 Å². The number of aromatic nitrogens is 2. The van der Waals surface area contributed by atoms with Crippen molar-refractivity contribution >= 4 is 5.82 Å². The smallest absolute Gasteiger partial charge is 0.134 e. The molecule has 110 valence electrons. The molecule has 1 fully saturated rings. The zero-order valence-corrected chi connectivity index (χ0v) is 12.8. The molecule has 1 aromatic heterocycles. The quantitative estimate of drug-likeness (QED) is 0.844. The van der Waals surface area contributed by atoms with Gasteiger partial charge in [-0.15, -0.1) is 0 Å². The van der Waals surface area contributed by atoms with Crippen LogP contribution in [0.25, 0.3) is 0 Å². The Hall–Kier alpha value is -2.10. The lowest BCUT2D eigenvalue weighted by Crippen LogP contribution is -2.18. The summed E-state index contributed by atoms with van der Waals surface area (Å²) in [7, 11) is 3.76. The first kappa shape index (κ1) is 13.9. The van der Waals surface area contributed by atoms with Gasteiger partial charge in [-0.3, -0.25) is 0 Å². The monoisotopic (exact) mass is 283 g/mol. The highest BCUT2D eigenvalue weighted by atomic mass is 16.5. The van der Waals surface area contributed by atoms with E-state index in [0.29, 0.717) is 5.92 Å². The number of rotatable bonds is 5. The van der Waals surface area contributed by atoms with Gasteiger partial charge in [0.1, 0.15) is 17.4 Å². The molecule has 3 rings (SSSR count). The Bertz CT molecular complexity index is 620. The first-order valence-corrected chi connectivity index (χ1v) is 7.35. The van der Waals surface area contributed by atoms with Gasteiger partial charge < -0.3 is 9.64 Å². The van der Waals surface area contributed by atoms with Gasteiger partial charge in [0.15, 0.2) is 0 Å². The lowest BCUT2D eigenvalue weighted by atomic mass is 10.2. The lowest BCUT2D eigenvalue weighted by Gasteiger charge is -2.19. The van der Waals surface area contributed by atoms with Crippen LogP contribution in [0.4, 0.5) is 5.82 Å². The first-order chi connectivity index (χ1) is 10.2. The number of benzene rings is 1. The van der Waals surface area contributed by atoms with E-state index in [4.69, 9.17) is 9.72 Å². The summed E-state index contributed by atoms with van der Waals surface area (Å²) in [5, 5.41) is 0. The minimum atomic E-state index is 0.582. The molecular formula is C17H21N3O. The normalized spacial score (nSPS) is 14.0. The Balaban J connectivity index is 1.76. The van der Waals surface area contributed by atoms with Crippen molar-refractivity contribution in [2.24, 2.45) is 0 Å². The topological polar surface area (TPSA) is 38.2 Å². The summed E-state index contributed by atoms with van der Waals surface area (Å²) in [6, 6.07) is 10.2. The van der Waals surface area contributed by atoms with Crippen LogP contribution in [0.2, 0.25) is 0 Å². The van der Waals surface area contributed by atoms with Crippen molar-refractivity contribution in [3.8, 4) is 5.75 Å². The van der Waals surface area contributed by atoms with Crippen LogP contribution in [-0.2, 0) is 6.54 Å². The fourth-order valence-corrected chi connectivity index (χ4v) is 2.38. The molecule has 0 amide bonds. The zero-order chi connectivity index (χ0) is 14.8. The summed E-state index contributed by atoms with van der Waals surface area (Å²) < 4.78 is 5.19. The molecule has 1 aliphatic rings. The molecule has 0 spiro atoms. The molecule has 0 aliphatic heterocycles. The summed E-state index contributed by atoms with van der Waals surface area (Å²) in [5.41, 5.74) is 2.28. The molecule has 1 heterocycles. The molecule has 0 atom stereocenters. The van der Waals surface area contributed by atoms with Gasteiger partial charge in [0.05, 0.1) is 7.11 Å². The number of ether oxygens (including phenoxy) is 1. The lowest BCUT2D eigenvalue weighted by molar-refractivity contribution is 0.414. The summed E-state index contributed by atoms with van der Waals surface area (Å²) in [4.78, 5) is 11.4. The second-order valence-corrected chi connectivity index (χ2v) is 5.70. The maximum atomic E-state index is 5.19.